The Bertz CT molecular complexity index is 936. The van der Waals surface area contributed by atoms with Crippen molar-refractivity contribution in [2.24, 2.45) is 0 Å². The molecule has 0 fully saturated rings. The Labute approximate surface area is 168 Å². The normalized spacial score (nSPS) is 10.8. The summed E-state index contributed by atoms with van der Waals surface area (Å²) in [5, 5.41) is 11.4. The number of ether oxygens (including phenoxy) is 2. The van der Waals surface area contributed by atoms with Crippen LogP contribution in [-0.4, -0.2) is 29.3 Å². The van der Waals surface area contributed by atoms with Gasteiger partial charge in [0.2, 0.25) is 0 Å². The van der Waals surface area contributed by atoms with E-state index in [-0.39, 0.29) is 6.42 Å². The molecule has 28 heavy (non-hydrogen) atoms. The van der Waals surface area contributed by atoms with Gasteiger partial charge in [0.05, 0.1) is 17.7 Å². The molecule has 0 unspecified atom stereocenters. The highest BCUT2D eigenvalue weighted by atomic mass is 32.1. The highest BCUT2D eigenvalue weighted by Gasteiger charge is 2.12. The van der Waals surface area contributed by atoms with Gasteiger partial charge in [0.1, 0.15) is 29.7 Å². The predicted octanol–water partition coefficient (Wildman–Crippen LogP) is 5.02. The summed E-state index contributed by atoms with van der Waals surface area (Å²) in [7, 11) is 0. The molecule has 0 amide bonds. The molecule has 3 aromatic rings. The lowest BCUT2D eigenvalue weighted by molar-refractivity contribution is -0.136. The second-order valence-corrected chi connectivity index (χ2v) is 7.46. The first-order valence-electron chi connectivity index (χ1n) is 9.14. The standard InChI is InChI=1S/C22H23NO4S/c1-15(2)17-7-3-5-9-19(17)26-11-12-27-20-10-6-4-8-18(20)22-23-16(14-28-22)13-21(24)25/h3-10,14-15H,11-13H2,1-2H3,(H,24,25). The molecule has 0 spiro atoms. The molecule has 1 aromatic heterocycles. The van der Waals surface area contributed by atoms with Gasteiger partial charge in [0.15, 0.2) is 0 Å². The number of para-hydroxylation sites is 2. The second kappa shape index (κ2) is 9.37. The van der Waals surface area contributed by atoms with Crippen LogP contribution in [0.3, 0.4) is 0 Å². The van der Waals surface area contributed by atoms with Crippen LogP contribution in [0.15, 0.2) is 53.9 Å². The number of hydrogen-bond donors (Lipinski definition) is 1. The summed E-state index contributed by atoms with van der Waals surface area (Å²) < 4.78 is 11.8. The number of hydrogen-bond acceptors (Lipinski definition) is 5. The maximum absolute atomic E-state index is 10.9. The third kappa shape index (κ3) is 5.10. The fourth-order valence-electron chi connectivity index (χ4n) is 2.83. The lowest BCUT2D eigenvalue weighted by Crippen LogP contribution is -2.10. The molecule has 0 aliphatic carbocycles. The molecule has 0 radical (unpaired) electrons. The average Bonchev–Trinajstić information content (AvgIpc) is 3.13. The predicted molar refractivity (Wildman–Crippen MR) is 110 cm³/mol. The van der Waals surface area contributed by atoms with Crippen LogP contribution in [0.5, 0.6) is 11.5 Å². The molecule has 146 valence electrons. The minimum Gasteiger partial charge on any atom is -0.490 e. The van der Waals surface area contributed by atoms with Gasteiger partial charge < -0.3 is 14.6 Å². The van der Waals surface area contributed by atoms with Gasteiger partial charge in [0.25, 0.3) is 0 Å². The molecule has 5 nitrogen and oxygen atoms in total. The number of carboxylic acid groups (broad SMARTS) is 1. The van der Waals surface area contributed by atoms with Crippen LogP contribution >= 0.6 is 11.3 Å². The summed E-state index contributed by atoms with van der Waals surface area (Å²) in [4.78, 5) is 15.3. The van der Waals surface area contributed by atoms with Crippen molar-refractivity contribution < 1.29 is 19.4 Å². The van der Waals surface area contributed by atoms with E-state index >= 15 is 0 Å². The topological polar surface area (TPSA) is 68.7 Å². The summed E-state index contributed by atoms with van der Waals surface area (Å²) in [5.41, 5.74) is 2.58. The van der Waals surface area contributed by atoms with Gasteiger partial charge in [-0.25, -0.2) is 4.98 Å². The number of carboxylic acids is 1. The maximum atomic E-state index is 10.9. The first kappa shape index (κ1) is 19.9. The van der Waals surface area contributed by atoms with Crippen molar-refractivity contribution in [2.45, 2.75) is 26.2 Å². The molecule has 0 saturated carbocycles. The van der Waals surface area contributed by atoms with E-state index in [1.807, 2.05) is 42.5 Å². The van der Waals surface area contributed by atoms with E-state index in [9.17, 15) is 4.79 Å². The Morgan fingerprint density at radius 3 is 2.39 bits per heavy atom. The highest BCUT2D eigenvalue weighted by Crippen LogP contribution is 2.32. The molecule has 3 rings (SSSR count). The quantitative estimate of drug-likeness (QED) is 0.514. The van der Waals surface area contributed by atoms with Gasteiger partial charge in [0, 0.05) is 5.38 Å². The fourth-order valence-corrected chi connectivity index (χ4v) is 3.68. The molecule has 0 atom stereocenters. The average molecular weight is 397 g/mol. The summed E-state index contributed by atoms with van der Waals surface area (Å²) in [6.07, 6.45) is -0.0807. The third-order valence-corrected chi connectivity index (χ3v) is 5.07. The van der Waals surface area contributed by atoms with Crippen LogP contribution in [-0.2, 0) is 11.2 Å². The number of thiazole rings is 1. The van der Waals surface area contributed by atoms with Crippen molar-refractivity contribution in [3.05, 3.63) is 65.2 Å². The SMILES string of the molecule is CC(C)c1ccccc1OCCOc1ccccc1-c1nc(CC(=O)O)cs1. The first-order valence-corrected chi connectivity index (χ1v) is 10.0. The van der Waals surface area contributed by atoms with E-state index in [1.165, 1.54) is 16.9 Å². The van der Waals surface area contributed by atoms with Crippen molar-refractivity contribution >= 4 is 17.3 Å². The lowest BCUT2D eigenvalue weighted by Gasteiger charge is -2.15. The molecular formula is C22H23NO4S. The van der Waals surface area contributed by atoms with Gasteiger partial charge in [-0.2, -0.15) is 0 Å². The van der Waals surface area contributed by atoms with E-state index in [0.717, 1.165) is 16.3 Å². The van der Waals surface area contributed by atoms with Crippen LogP contribution < -0.4 is 9.47 Å². The molecule has 0 bridgehead atoms. The van der Waals surface area contributed by atoms with Crippen molar-refractivity contribution in [2.75, 3.05) is 13.2 Å². The van der Waals surface area contributed by atoms with E-state index < -0.39 is 5.97 Å². The van der Waals surface area contributed by atoms with Crippen molar-refractivity contribution in [3.63, 3.8) is 0 Å². The Kier molecular flexibility index (Phi) is 6.66. The molecule has 0 aliphatic rings. The minimum absolute atomic E-state index is 0.0807. The number of carbonyl (C=O) groups is 1. The first-order chi connectivity index (χ1) is 13.5. The molecule has 2 aromatic carbocycles. The minimum atomic E-state index is -0.889. The summed E-state index contributed by atoms with van der Waals surface area (Å²) in [5.74, 6) is 1.09. The molecule has 1 N–H and O–H groups in total. The fraction of sp³-hybridized carbons (Fsp3) is 0.273. The van der Waals surface area contributed by atoms with Crippen LogP contribution in [0.25, 0.3) is 10.6 Å². The smallest absolute Gasteiger partial charge is 0.309 e. The van der Waals surface area contributed by atoms with Crippen LogP contribution in [0.4, 0.5) is 0 Å². The number of nitrogens with zero attached hydrogens (tertiary/aromatic N) is 1. The Balaban J connectivity index is 1.63. The molecule has 0 aliphatic heterocycles. The third-order valence-electron chi connectivity index (χ3n) is 4.14. The van der Waals surface area contributed by atoms with Crippen molar-refractivity contribution in [3.8, 4) is 22.1 Å². The Morgan fingerprint density at radius 1 is 1.04 bits per heavy atom. The van der Waals surface area contributed by atoms with Crippen LogP contribution in [0.1, 0.15) is 31.0 Å². The van der Waals surface area contributed by atoms with Gasteiger partial charge in [-0.15, -0.1) is 11.3 Å². The summed E-state index contributed by atoms with van der Waals surface area (Å²) >= 11 is 1.41. The number of rotatable bonds is 9. The van der Waals surface area contributed by atoms with Crippen molar-refractivity contribution in [1.82, 2.24) is 4.98 Å². The largest absolute Gasteiger partial charge is 0.490 e. The summed E-state index contributed by atoms with van der Waals surface area (Å²) in [6, 6.07) is 15.7. The number of benzene rings is 2. The van der Waals surface area contributed by atoms with Crippen LogP contribution in [0, 0.1) is 0 Å². The van der Waals surface area contributed by atoms with E-state index in [2.05, 4.69) is 24.9 Å². The Hall–Kier alpha value is -2.86. The molecule has 0 saturated heterocycles. The molecule has 6 heteroatoms. The van der Waals surface area contributed by atoms with Gasteiger partial charge in [-0.3, -0.25) is 4.79 Å². The van der Waals surface area contributed by atoms with Crippen molar-refractivity contribution in [1.29, 1.82) is 0 Å². The van der Waals surface area contributed by atoms with E-state index in [4.69, 9.17) is 14.6 Å². The monoisotopic (exact) mass is 397 g/mol. The summed E-state index contributed by atoms with van der Waals surface area (Å²) in [6.45, 7) is 5.11. The highest BCUT2D eigenvalue weighted by molar-refractivity contribution is 7.13. The van der Waals surface area contributed by atoms with Gasteiger partial charge >= 0.3 is 5.97 Å². The zero-order chi connectivity index (χ0) is 19.9. The number of aliphatic carboxylic acids is 1. The zero-order valence-corrected chi connectivity index (χ0v) is 16.7. The lowest BCUT2D eigenvalue weighted by atomic mass is 10.0. The van der Waals surface area contributed by atoms with E-state index in [1.54, 1.807) is 5.38 Å². The number of aromatic nitrogens is 1. The maximum Gasteiger partial charge on any atom is 0.309 e. The second-order valence-electron chi connectivity index (χ2n) is 6.60. The van der Waals surface area contributed by atoms with Gasteiger partial charge in [-0.1, -0.05) is 44.2 Å². The Morgan fingerprint density at radius 2 is 1.68 bits per heavy atom. The zero-order valence-electron chi connectivity index (χ0n) is 15.9. The van der Waals surface area contributed by atoms with Gasteiger partial charge in [-0.05, 0) is 29.7 Å². The van der Waals surface area contributed by atoms with E-state index in [0.29, 0.717) is 30.6 Å². The van der Waals surface area contributed by atoms with Crippen LogP contribution in [0.2, 0.25) is 0 Å². The molecular weight excluding hydrogens is 374 g/mol. The molecule has 1 heterocycles.